The van der Waals surface area contributed by atoms with Crippen molar-refractivity contribution in [3.05, 3.63) is 53.8 Å². The fourth-order valence-corrected chi connectivity index (χ4v) is 1.65. The van der Waals surface area contributed by atoms with Crippen LogP contribution < -0.4 is 10.1 Å². The minimum atomic E-state index is -2.96. The monoisotopic (exact) mass is 278 g/mol. The molecule has 2 aromatic rings. The summed E-state index contributed by atoms with van der Waals surface area (Å²) >= 11 is 0. The summed E-state index contributed by atoms with van der Waals surface area (Å²) in [5.74, 6) is -0.663. The van der Waals surface area contributed by atoms with Gasteiger partial charge in [-0.2, -0.15) is 14.0 Å². The number of ether oxygens (including phenoxy) is 1. The number of hydrogen-bond donors (Lipinski definition) is 1. The Hall–Kier alpha value is -2.68. The Balaban J connectivity index is 2.30. The third-order valence-electron chi connectivity index (χ3n) is 2.41. The number of alkyl halides is 2. The Morgan fingerprint density at radius 1 is 1.15 bits per heavy atom. The van der Waals surface area contributed by atoms with Gasteiger partial charge in [-0.15, -0.1) is 0 Å². The van der Waals surface area contributed by atoms with E-state index in [9.17, 15) is 13.2 Å². The average Bonchev–Trinajstić information content (AvgIpc) is 2.39. The van der Waals surface area contributed by atoms with E-state index < -0.39 is 12.4 Å². The van der Waals surface area contributed by atoms with Crippen molar-refractivity contribution in [2.24, 2.45) is 0 Å². The Morgan fingerprint density at radius 2 is 1.90 bits per heavy atom. The van der Waals surface area contributed by atoms with Crippen LogP contribution >= 0.6 is 0 Å². The lowest BCUT2D eigenvalue weighted by molar-refractivity contribution is -0.0493. The van der Waals surface area contributed by atoms with Crippen LogP contribution in [0.15, 0.2) is 42.5 Å². The van der Waals surface area contributed by atoms with Gasteiger partial charge in [0, 0.05) is 5.69 Å². The van der Waals surface area contributed by atoms with Gasteiger partial charge in [-0.1, -0.05) is 12.1 Å². The van der Waals surface area contributed by atoms with Crippen molar-refractivity contribution in [3.63, 3.8) is 0 Å². The second-order valence-electron chi connectivity index (χ2n) is 3.84. The van der Waals surface area contributed by atoms with Crippen LogP contribution in [0, 0.1) is 17.1 Å². The molecule has 0 bridgehead atoms. The van der Waals surface area contributed by atoms with Crippen LogP contribution in [0.1, 0.15) is 5.56 Å². The molecule has 0 radical (unpaired) electrons. The van der Waals surface area contributed by atoms with Gasteiger partial charge in [0.1, 0.15) is 11.6 Å². The van der Waals surface area contributed by atoms with Gasteiger partial charge in [0.25, 0.3) is 0 Å². The lowest BCUT2D eigenvalue weighted by Crippen LogP contribution is -2.04. The number of nitriles is 1. The number of anilines is 2. The molecule has 0 unspecified atom stereocenters. The van der Waals surface area contributed by atoms with Gasteiger partial charge >= 0.3 is 6.61 Å². The third-order valence-corrected chi connectivity index (χ3v) is 2.41. The predicted molar refractivity (Wildman–Crippen MR) is 67.5 cm³/mol. The first-order valence-electron chi connectivity index (χ1n) is 5.60. The number of benzene rings is 2. The van der Waals surface area contributed by atoms with Crippen molar-refractivity contribution in [1.29, 1.82) is 5.26 Å². The Labute approximate surface area is 113 Å². The second-order valence-corrected chi connectivity index (χ2v) is 3.84. The minimum absolute atomic E-state index is 0.0646. The molecule has 0 aliphatic rings. The van der Waals surface area contributed by atoms with Crippen molar-refractivity contribution in [3.8, 4) is 11.8 Å². The quantitative estimate of drug-likeness (QED) is 0.917. The molecule has 1 N–H and O–H groups in total. The maximum absolute atomic E-state index is 13.3. The highest BCUT2D eigenvalue weighted by Crippen LogP contribution is 2.29. The normalized spacial score (nSPS) is 10.2. The molecule has 2 rings (SSSR count). The molecule has 0 spiro atoms. The van der Waals surface area contributed by atoms with Gasteiger partial charge in [0.05, 0.1) is 17.3 Å². The van der Waals surface area contributed by atoms with E-state index in [0.717, 1.165) is 12.1 Å². The molecule has 0 amide bonds. The lowest BCUT2D eigenvalue weighted by atomic mass is 10.2. The Morgan fingerprint density at radius 3 is 2.60 bits per heavy atom. The Bertz CT molecular complexity index is 653. The van der Waals surface area contributed by atoms with Crippen molar-refractivity contribution in [1.82, 2.24) is 0 Å². The molecule has 0 atom stereocenters. The molecule has 0 aliphatic carbocycles. The zero-order valence-electron chi connectivity index (χ0n) is 10.1. The zero-order valence-corrected chi connectivity index (χ0v) is 10.1. The van der Waals surface area contributed by atoms with E-state index >= 15 is 0 Å². The van der Waals surface area contributed by atoms with E-state index in [0.29, 0.717) is 0 Å². The van der Waals surface area contributed by atoms with Gasteiger partial charge in [0.15, 0.2) is 0 Å². The molecule has 0 saturated carbocycles. The molecule has 0 fully saturated rings. The fraction of sp³-hybridized carbons (Fsp3) is 0.0714. The van der Waals surface area contributed by atoms with Gasteiger partial charge in [-0.3, -0.25) is 0 Å². The largest absolute Gasteiger partial charge is 0.433 e. The van der Waals surface area contributed by atoms with E-state index in [-0.39, 0.29) is 22.7 Å². The number of para-hydroxylation sites is 2. The third kappa shape index (κ3) is 3.42. The maximum atomic E-state index is 13.3. The number of hydrogen-bond acceptors (Lipinski definition) is 3. The first-order valence-corrected chi connectivity index (χ1v) is 5.60. The van der Waals surface area contributed by atoms with E-state index in [2.05, 4.69) is 10.1 Å². The van der Waals surface area contributed by atoms with Crippen molar-refractivity contribution < 1.29 is 17.9 Å². The predicted octanol–water partition coefficient (Wildman–Crippen LogP) is 4.04. The fourth-order valence-electron chi connectivity index (χ4n) is 1.65. The SMILES string of the molecule is N#Cc1cc(F)cc(Nc2ccccc2OC(F)F)c1. The smallest absolute Gasteiger partial charge is 0.387 e. The first-order chi connectivity index (χ1) is 9.58. The summed E-state index contributed by atoms with van der Waals surface area (Å²) in [6.45, 7) is -2.96. The van der Waals surface area contributed by atoms with Gasteiger partial charge in [-0.25, -0.2) is 4.39 Å². The highest BCUT2D eigenvalue weighted by atomic mass is 19.3. The minimum Gasteiger partial charge on any atom is -0.433 e. The molecule has 0 saturated heterocycles. The van der Waals surface area contributed by atoms with Crippen LogP contribution in [0.25, 0.3) is 0 Å². The van der Waals surface area contributed by atoms with Crippen LogP contribution in [-0.2, 0) is 0 Å². The topological polar surface area (TPSA) is 45.0 Å². The summed E-state index contributed by atoms with van der Waals surface area (Å²) in [7, 11) is 0. The number of halogens is 3. The van der Waals surface area contributed by atoms with Crippen LogP contribution in [0.3, 0.4) is 0 Å². The zero-order chi connectivity index (χ0) is 14.5. The molecule has 0 aliphatic heterocycles. The van der Waals surface area contributed by atoms with E-state index in [1.807, 2.05) is 6.07 Å². The maximum Gasteiger partial charge on any atom is 0.387 e. The summed E-state index contributed by atoms with van der Waals surface area (Å²) in [6, 6.07) is 11.5. The van der Waals surface area contributed by atoms with Crippen LogP contribution in [-0.4, -0.2) is 6.61 Å². The highest BCUT2D eigenvalue weighted by Gasteiger charge is 2.10. The molecule has 3 nitrogen and oxygen atoms in total. The standard InChI is InChI=1S/C14H9F3N2O/c15-10-5-9(8-18)6-11(7-10)19-12-3-1-2-4-13(12)20-14(16)17/h1-7,14,19H. The van der Waals surface area contributed by atoms with Crippen molar-refractivity contribution in [2.45, 2.75) is 6.61 Å². The molecule has 102 valence electrons. The second kappa shape index (κ2) is 5.97. The molecular formula is C14H9F3N2O. The summed E-state index contributed by atoms with van der Waals surface area (Å²) < 4.78 is 42.2. The summed E-state index contributed by atoms with van der Waals surface area (Å²) in [5.41, 5.74) is 0.647. The molecule has 6 heteroatoms. The molecule has 2 aromatic carbocycles. The number of nitrogens with one attached hydrogen (secondary N) is 1. The summed E-state index contributed by atoms with van der Waals surface area (Å²) in [5, 5.41) is 11.5. The Kier molecular flexibility index (Phi) is 4.11. The van der Waals surface area contributed by atoms with E-state index in [1.54, 1.807) is 6.07 Å². The van der Waals surface area contributed by atoms with Crippen LogP contribution in [0.5, 0.6) is 5.75 Å². The van der Waals surface area contributed by atoms with E-state index in [4.69, 9.17) is 5.26 Å². The van der Waals surface area contributed by atoms with Crippen LogP contribution in [0.2, 0.25) is 0 Å². The van der Waals surface area contributed by atoms with Gasteiger partial charge < -0.3 is 10.1 Å². The van der Waals surface area contributed by atoms with Gasteiger partial charge in [-0.05, 0) is 30.3 Å². The average molecular weight is 278 g/mol. The highest BCUT2D eigenvalue weighted by molar-refractivity contribution is 5.67. The lowest BCUT2D eigenvalue weighted by Gasteiger charge is -2.12. The van der Waals surface area contributed by atoms with Crippen molar-refractivity contribution >= 4 is 11.4 Å². The molecule has 0 aromatic heterocycles. The molecular weight excluding hydrogens is 269 g/mol. The van der Waals surface area contributed by atoms with Crippen LogP contribution in [0.4, 0.5) is 24.5 Å². The summed E-state index contributed by atoms with van der Waals surface area (Å²) in [4.78, 5) is 0. The number of rotatable bonds is 4. The van der Waals surface area contributed by atoms with E-state index in [1.165, 1.54) is 24.3 Å². The molecule has 0 heterocycles. The van der Waals surface area contributed by atoms with Crippen molar-refractivity contribution in [2.75, 3.05) is 5.32 Å². The first kappa shape index (κ1) is 13.7. The van der Waals surface area contributed by atoms with Gasteiger partial charge in [0.2, 0.25) is 0 Å². The molecule has 20 heavy (non-hydrogen) atoms. The summed E-state index contributed by atoms with van der Waals surface area (Å²) in [6.07, 6.45) is 0. The number of nitrogens with zero attached hydrogens (tertiary/aromatic N) is 1.